The fourth-order valence-corrected chi connectivity index (χ4v) is 2.29. The van der Waals surface area contributed by atoms with Crippen molar-refractivity contribution in [2.75, 3.05) is 0 Å². The molecule has 0 amide bonds. The molecule has 2 unspecified atom stereocenters. The second-order valence-corrected chi connectivity index (χ2v) is 6.64. The summed E-state index contributed by atoms with van der Waals surface area (Å²) in [5.74, 6) is 2.98. The SMILES string of the molecule is CC(C)C(C)C1=CC=[C-]C1.CC(C)C(C)C1=CC=[C-]C1.[Cl-].[Cl-].[Zr+2]. The van der Waals surface area contributed by atoms with E-state index < -0.39 is 0 Å². The van der Waals surface area contributed by atoms with Crippen molar-refractivity contribution in [2.45, 2.75) is 54.4 Å². The normalized spacial score (nSPS) is 17.2. The van der Waals surface area contributed by atoms with Crippen molar-refractivity contribution < 1.29 is 51.0 Å². The van der Waals surface area contributed by atoms with Gasteiger partial charge in [-0.25, -0.2) is 24.3 Å². The predicted molar refractivity (Wildman–Crippen MR) is 89.0 cm³/mol. The minimum atomic E-state index is 0. The van der Waals surface area contributed by atoms with Crippen molar-refractivity contribution in [3.8, 4) is 0 Å². The Hall–Kier alpha value is 0.423. The Morgan fingerprint density at radius 3 is 1.17 bits per heavy atom. The molecule has 2 aliphatic rings. The van der Waals surface area contributed by atoms with Crippen LogP contribution in [0.5, 0.6) is 0 Å². The average Bonchev–Trinajstić information content (AvgIpc) is 3.10. The van der Waals surface area contributed by atoms with Crippen molar-refractivity contribution in [3.05, 3.63) is 47.6 Å². The molecule has 2 aliphatic carbocycles. The zero-order chi connectivity index (χ0) is 15.1. The average molecular weight is 433 g/mol. The van der Waals surface area contributed by atoms with E-state index in [1.807, 2.05) is 12.2 Å². The van der Waals surface area contributed by atoms with E-state index in [-0.39, 0.29) is 51.0 Å². The van der Waals surface area contributed by atoms with Crippen molar-refractivity contribution in [3.63, 3.8) is 0 Å². The summed E-state index contributed by atoms with van der Waals surface area (Å²) in [6, 6.07) is 0. The molecule has 0 nitrogen and oxygen atoms in total. The van der Waals surface area contributed by atoms with E-state index in [0.717, 1.165) is 36.5 Å². The predicted octanol–water partition coefficient (Wildman–Crippen LogP) is -0.0585. The first-order valence-corrected chi connectivity index (χ1v) is 7.94. The maximum Gasteiger partial charge on any atom is 2.00 e. The van der Waals surface area contributed by atoms with Gasteiger partial charge in [-0.05, 0) is 23.7 Å². The van der Waals surface area contributed by atoms with Gasteiger partial charge in [0.25, 0.3) is 0 Å². The molecule has 2 atom stereocenters. The first kappa shape index (κ1) is 28.2. The standard InChI is InChI=1S/2C10H15.2ClH.Zr/c2*1-8(2)9(3)10-6-4-5-7-10;;;/h2*4,6,8-9H,7H2,1-3H3;2*1H;/q2*-1;;;+2/p-2. The molecule has 0 spiro atoms. The van der Waals surface area contributed by atoms with Gasteiger partial charge in [-0.15, -0.1) is 12.8 Å². The number of allylic oxidation sites excluding steroid dienone is 8. The fourth-order valence-electron chi connectivity index (χ4n) is 2.29. The minimum absolute atomic E-state index is 0. The molecular formula is C20H30Cl2Zr-2. The van der Waals surface area contributed by atoms with Gasteiger partial charge in [0.1, 0.15) is 0 Å². The van der Waals surface area contributed by atoms with Crippen LogP contribution in [0, 0.1) is 35.8 Å². The molecule has 0 bridgehead atoms. The Balaban J connectivity index is -0.000000308. The van der Waals surface area contributed by atoms with Crippen molar-refractivity contribution in [1.29, 1.82) is 0 Å². The summed E-state index contributed by atoms with van der Waals surface area (Å²) in [4.78, 5) is 0. The van der Waals surface area contributed by atoms with Crippen LogP contribution in [0.4, 0.5) is 0 Å². The smallest absolute Gasteiger partial charge is 1.00 e. The molecule has 0 radical (unpaired) electrons. The van der Waals surface area contributed by atoms with E-state index in [4.69, 9.17) is 0 Å². The Morgan fingerprint density at radius 2 is 1.00 bits per heavy atom. The van der Waals surface area contributed by atoms with Gasteiger partial charge in [-0.2, -0.15) is 11.1 Å². The zero-order valence-corrected chi connectivity index (χ0v) is 19.3. The fraction of sp³-hybridized carbons (Fsp3) is 0.600. The Labute approximate surface area is 175 Å². The number of halogens is 2. The third-order valence-corrected chi connectivity index (χ3v) is 4.61. The first-order chi connectivity index (χ1) is 9.43. The van der Waals surface area contributed by atoms with Crippen LogP contribution < -0.4 is 24.8 Å². The van der Waals surface area contributed by atoms with Crippen molar-refractivity contribution in [1.82, 2.24) is 0 Å². The molecule has 0 heterocycles. The molecule has 0 aromatic heterocycles. The van der Waals surface area contributed by atoms with Gasteiger partial charge in [0, 0.05) is 0 Å². The van der Waals surface area contributed by atoms with Gasteiger partial charge in [0.15, 0.2) is 0 Å². The van der Waals surface area contributed by atoms with Gasteiger partial charge >= 0.3 is 26.2 Å². The van der Waals surface area contributed by atoms with Gasteiger partial charge < -0.3 is 24.8 Å². The topological polar surface area (TPSA) is 0 Å². The van der Waals surface area contributed by atoms with Gasteiger partial charge in [0.05, 0.1) is 0 Å². The summed E-state index contributed by atoms with van der Waals surface area (Å²) >= 11 is 0. The van der Waals surface area contributed by atoms with Crippen LogP contribution in [-0.2, 0) is 26.2 Å². The van der Waals surface area contributed by atoms with Crippen LogP contribution in [0.15, 0.2) is 35.5 Å². The van der Waals surface area contributed by atoms with E-state index >= 15 is 0 Å². The van der Waals surface area contributed by atoms with E-state index in [1.165, 1.54) is 11.1 Å². The second-order valence-electron chi connectivity index (χ2n) is 6.64. The molecule has 0 saturated carbocycles. The van der Waals surface area contributed by atoms with E-state index in [1.54, 1.807) is 0 Å². The molecule has 23 heavy (non-hydrogen) atoms. The maximum atomic E-state index is 3.19. The number of hydrogen-bond acceptors (Lipinski definition) is 0. The van der Waals surface area contributed by atoms with E-state index in [9.17, 15) is 0 Å². The molecule has 0 aromatic rings. The first-order valence-electron chi connectivity index (χ1n) is 7.94. The van der Waals surface area contributed by atoms with E-state index in [0.29, 0.717) is 0 Å². The largest absolute Gasteiger partial charge is 2.00 e. The van der Waals surface area contributed by atoms with Crippen LogP contribution in [0.25, 0.3) is 0 Å². The van der Waals surface area contributed by atoms with Crippen LogP contribution in [0.3, 0.4) is 0 Å². The van der Waals surface area contributed by atoms with E-state index in [2.05, 4.69) is 65.8 Å². The van der Waals surface area contributed by atoms with Gasteiger partial charge in [-0.1, -0.05) is 41.5 Å². The Kier molecular flexibility index (Phi) is 18.1. The molecule has 0 fully saturated rings. The van der Waals surface area contributed by atoms with Crippen LogP contribution >= 0.6 is 0 Å². The van der Waals surface area contributed by atoms with Crippen LogP contribution in [0.2, 0.25) is 0 Å². The molecule has 0 N–H and O–H groups in total. The third kappa shape index (κ3) is 10.1. The molecular weight excluding hydrogens is 402 g/mol. The van der Waals surface area contributed by atoms with Gasteiger partial charge in [-0.3, -0.25) is 12.2 Å². The molecule has 130 valence electrons. The molecule has 2 rings (SSSR count). The van der Waals surface area contributed by atoms with Crippen LogP contribution in [-0.4, -0.2) is 0 Å². The molecule has 0 saturated heterocycles. The van der Waals surface area contributed by atoms with Crippen LogP contribution in [0.1, 0.15) is 54.4 Å². The summed E-state index contributed by atoms with van der Waals surface area (Å²) in [7, 11) is 0. The third-order valence-electron chi connectivity index (χ3n) is 4.61. The quantitative estimate of drug-likeness (QED) is 0.547. The second kappa shape index (κ2) is 14.7. The zero-order valence-electron chi connectivity index (χ0n) is 15.3. The summed E-state index contributed by atoms with van der Waals surface area (Å²) in [5, 5.41) is 0. The van der Waals surface area contributed by atoms with Crippen molar-refractivity contribution in [2.24, 2.45) is 23.7 Å². The monoisotopic (exact) mass is 430 g/mol. The summed E-state index contributed by atoms with van der Waals surface area (Å²) < 4.78 is 0. The van der Waals surface area contributed by atoms with Gasteiger partial charge in [0.2, 0.25) is 0 Å². The number of hydrogen-bond donors (Lipinski definition) is 0. The molecule has 3 heteroatoms. The summed E-state index contributed by atoms with van der Waals surface area (Å²) in [6.07, 6.45) is 17.0. The maximum absolute atomic E-state index is 3.19. The van der Waals surface area contributed by atoms with Crippen molar-refractivity contribution >= 4 is 0 Å². The minimum Gasteiger partial charge on any atom is -1.00 e. The molecule has 0 aliphatic heterocycles. The Bertz CT molecular complexity index is 377. The summed E-state index contributed by atoms with van der Waals surface area (Å²) in [5.41, 5.74) is 3.07. The summed E-state index contributed by atoms with van der Waals surface area (Å²) in [6.45, 7) is 13.6. The molecule has 0 aromatic carbocycles. The Morgan fingerprint density at radius 1 is 0.696 bits per heavy atom. The number of rotatable bonds is 4.